The Balaban J connectivity index is 2.36. The Labute approximate surface area is 144 Å². The zero-order valence-corrected chi connectivity index (χ0v) is 15.3. The first-order valence-corrected chi connectivity index (χ1v) is 8.09. The molecular weight excluding hydrogens is 310 g/mol. The number of ether oxygens (including phenoxy) is 2. The van der Waals surface area contributed by atoms with Crippen molar-refractivity contribution in [3.8, 4) is 5.75 Å². The van der Waals surface area contributed by atoms with Gasteiger partial charge in [0.2, 0.25) is 0 Å². The van der Waals surface area contributed by atoms with Crippen molar-refractivity contribution in [2.24, 2.45) is 0 Å². The predicted octanol–water partition coefficient (Wildman–Crippen LogP) is 4.04. The van der Waals surface area contributed by atoms with Gasteiger partial charge in [0.05, 0.1) is 24.9 Å². The van der Waals surface area contributed by atoms with Gasteiger partial charge in [0.1, 0.15) is 11.5 Å². The first-order valence-electron chi connectivity index (χ1n) is 8.09. The quantitative estimate of drug-likeness (QED) is 0.735. The molecule has 0 N–H and O–H groups in total. The summed E-state index contributed by atoms with van der Waals surface area (Å²) in [5.41, 5.74) is -0.281. The summed E-state index contributed by atoms with van der Waals surface area (Å²) in [6, 6.07) is 7.27. The highest BCUT2D eigenvalue weighted by atomic mass is 19.1. The van der Waals surface area contributed by atoms with Crippen molar-refractivity contribution in [2.45, 2.75) is 45.3 Å². The predicted molar refractivity (Wildman–Crippen MR) is 93.6 cm³/mol. The van der Waals surface area contributed by atoms with Gasteiger partial charge >= 0.3 is 7.12 Å². The van der Waals surface area contributed by atoms with Crippen LogP contribution in [-0.2, 0) is 14.0 Å². The Kier molecular flexibility index (Phi) is 5.73. The SMILES string of the molecule is COCCC(=C(F)B1OC(C)(C)C(C)(C)O1)c1ccc(OC)cc1. The minimum absolute atomic E-state index is 0.407. The van der Waals surface area contributed by atoms with Gasteiger partial charge in [-0.15, -0.1) is 0 Å². The number of rotatable bonds is 6. The minimum atomic E-state index is -1.01. The largest absolute Gasteiger partial charge is 0.525 e. The smallest absolute Gasteiger partial charge is 0.497 e. The van der Waals surface area contributed by atoms with Gasteiger partial charge < -0.3 is 18.8 Å². The summed E-state index contributed by atoms with van der Waals surface area (Å²) in [6.45, 7) is 8.03. The van der Waals surface area contributed by atoms with Crippen LogP contribution in [0.1, 0.15) is 39.7 Å². The lowest BCUT2D eigenvalue weighted by atomic mass is 9.82. The molecule has 4 nitrogen and oxygen atoms in total. The summed E-state index contributed by atoms with van der Waals surface area (Å²) in [7, 11) is 2.18. The summed E-state index contributed by atoms with van der Waals surface area (Å²) in [5.74, 6) is 0.723. The highest BCUT2D eigenvalue weighted by Gasteiger charge is 2.53. The van der Waals surface area contributed by atoms with E-state index in [0.717, 1.165) is 11.3 Å². The van der Waals surface area contributed by atoms with E-state index in [1.165, 1.54) is 0 Å². The Morgan fingerprint density at radius 3 is 2.04 bits per heavy atom. The van der Waals surface area contributed by atoms with Gasteiger partial charge in [0, 0.05) is 7.11 Å². The topological polar surface area (TPSA) is 36.9 Å². The summed E-state index contributed by atoms with van der Waals surface area (Å²) in [6.07, 6.45) is 0.429. The average molecular weight is 336 g/mol. The van der Waals surface area contributed by atoms with E-state index in [-0.39, 0.29) is 0 Å². The molecule has 1 aliphatic heterocycles. The van der Waals surface area contributed by atoms with Crippen LogP contribution in [0.25, 0.3) is 5.57 Å². The maximum Gasteiger partial charge on any atom is 0.525 e. The Morgan fingerprint density at radius 1 is 1.04 bits per heavy atom. The summed E-state index contributed by atoms with van der Waals surface area (Å²) in [5, 5.41) is 0. The highest BCUT2D eigenvalue weighted by Crippen LogP contribution is 2.40. The van der Waals surface area contributed by atoms with Crippen LogP contribution in [0.4, 0.5) is 4.39 Å². The van der Waals surface area contributed by atoms with Gasteiger partial charge in [-0.2, -0.15) is 0 Å². The molecule has 132 valence electrons. The van der Waals surface area contributed by atoms with E-state index < -0.39 is 24.0 Å². The van der Waals surface area contributed by atoms with Gasteiger partial charge in [-0.3, -0.25) is 0 Å². The summed E-state index contributed by atoms with van der Waals surface area (Å²) in [4.78, 5) is 0. The highest BCUT2D eigenvalue weighted by molar-refractivity contribution is 6.55. The molecule has 1 fully saturated rings. The second kappa shape index (κ2) is 7.25. The molecule has 1 aliphatic rings. The van der Waals surface area contributed by atoms with Crippen molar-refractivity contribution in [1.29, 1.82) is 0 Å². The number of benzene rings is 1. The standard InChI is InChI=1S/C18H26BFO4/c1-17(2)18(3,4)24-19(23-17)16(20)15(11-12-21-5)13-7-9-14(22-6)10-8-13/h7-10H,11-12H2,1-6H3. The molecule has 0 atom stereocenters. The third kappa shape index (κ3) is 3.82. The number of hydrogen-bond donors (Lipinski definition) is 0. The molecule has 1 saturated heterocycles. The molecule has 0 unspecified atom stereocenters. The average Bonchev–Trinajstić information content (AvgIpc) is 2.76. The second-order valence-corrected chi connectivity index (χ2v) is 6.89. The van der Waals surface area contributed by atoms with Crippen molar-refractivity contribution in [2.75, 3.05) is 20.8 Å². The Morgan fingerprint density at radius 2 is 1.58 bits per heavy atom. The lowest BCUT2D eigenvalue weighted by Gasteiger charge is -2.32. The minimum Gasteiger partial charge on any atom is -0.497 e. The van der Waals surface area contributed by atoms with Gasteiger partial charge in [-0.25, -0.2) is 4.39 Å². The monoisotopic (exact) mass is 336 g/mol. The Bertz CT molecular complexity index is 580. The Hall–Kier alpha value is -1.37. The molecule has 1 aromatic carbocycles. The normalized spacial score (nSPS) is 20.0. The lowest BCUT2D eigenvalue weighted by molar-refractivity contribution is 0.00578. The fourth-order valence-corrected chi connectivity index (χ4v) is 2.49. The molecule has 1 heterocycles. The molecule has 0 radical (unpaired) electrons. The zero-order chi connectivity index (χ0) is 18.0. The van der Waals surface area contributed by atoms with Gasteiger partial charge in [-0.05, 0) is 57.4 Å². The van der Waals surface area contributed by atoms with Gasteiger partial charge in [0.25, 0.3) is 0 Å². The molecule has 2 rings (SSSR count). The van der Waals surface area contributed by atoms with E-state index in [0.29, 0.717) is 18.6 Å². The molecule has 0 aromatic heterocycles. The molecule has 1 aromatic rings. The lowest BCUT2D eigenvalue weighted by Crippen LogP contribution is -2.41. The number of halogens is 1. The molecule has 6 heteroatoms. The molecule has 0 aliphatic carbocycles. The molecule has 0 saturated carbocycles. The zero-order valence-electron chi connectivity index (χ0n) is 15.3. The van der Waals surface area contributed by atoms with E-state index in [9.17, 15) is 0 Å². The van der Waals surface area contributed by atoms with E-state index >= 15 is 4.39 Å². The summed E-state index contributed by atoms with van der Waals surface area (Å²) < 4.78 is 37.1. The van der Waals surface area contributed by atoms with Crippen LogP contribution in [0.15, 0.2) is 30.0 Å². The van der Waals surface area contributed by atoms with E-state index in [1.807, 2.05) is 39.8 Å². The van der Waals surface area contributed by atoms with E-state index in [1.54, 1.807) is 26.4 Å². The van der Waals surface area contributed by atoms with Gasteiger partial charge in [0.15, 0.2) is 0 Å². The van der Waals surface area contributed by atoms with E-state index in [4.69, 9.17) is 18.8 Å². The molecule has 24 heavy (non-hydrogen) atoms. The van der Waals surface area contributed by atoms with Crippen LogP contribution in [0.2, 0.25) is 0 Å². The number of methoxy groups -OCH3 is 2. The van der Waals surface area contributed by atoms with Crippen LogP contribution in [0, 0.1) is 0 Å². The molecule has 0 bridgehead atoms. The third-order valence-electron chi connectivity index (χ3n) is 4.74. The molecular formula is C18H26BFO4. The first-order chi connectivity index (χ1) is 11.2. The second-order valence-electron chi connectivity index (χ2n) is 6.89. The van der Waals surface area contributed by atoms with Crippen LogP contribution < -0.4 is 4.74 Å². The molecule has 0 amide bonds. The van der Waals surface area contributed by atoms with Crippen LogP contribution in [0.3, 0.4) is 0 Å². The molecule has 0 spiro atoms. The van der Waals surface area contributed by atoms with Gasteiger partial charge in [-0.1, -0.05) is 12.1 Å². The first kappa shape index (κ1) is 19.0. The third-order valence-corrected chi connectivity index (χ3v) is 4.74. The number of hydrogen-bond acceptors (Lipinski definition) is 4. The fourth-order valence-electron chi connectivity index (χ4n) is 2.49. The van der Waals surface area contributed by atoms with Crippen LogP contribution >= 0.6 is 0 Å². The van der Waals surface area contributed by atoms with E-state index in [2.05, 4.69) is 0 Å². The maximum absolute atomic E-state index is 15.2. The van der Waals surface area contributed by atoms with Crippen LogP contribution in [-0.4, -0.2) is 39.1 Å². The van der Waals surface area contributed by atoms with Crippen molar-refractivity contribution >= 4 is 12.7 Å². The van der Waals surface area contributed by atoms with Crippen LogP contribution in [0.5, 0.6) is 5.75 Å². The van der Waals surface area contributed by atoms with Crippen molar-refractivity contribution < 1.29 is 23.2 Å². The van der Waals surface area contributed by atoms with Crippen molar-refractivity contribution in [3.63, 3.8) is 0 Å². The van der Waals surface area contributed by atoms with Crippen molar-refractivity contribution in [1.82, 2.24) is 0 Å². The maximum atomic E-state index is 15.2. The fraction of sp³-hybridized carbons (Fsp3) is 0.556. The van der Waals surface area contributed by atoms with Crippen molar-refractivity contribution in [3.05, 3.63) is 35.6 Å². The summed E-state index contributed by atoms with van der Waals surface area (Å²) >= 11 is 0.